The topological polar surface area (TPSA) is 58.2 Å². The van der Waals surface area contributed by atoms with Crippen molar-refractivity contribution in [2.75, 3.05) is 0 Å². The van der Waals surface area contributed by atoms with Gasteiger partial charge < -0.3 is 10.6 Å². The van der Waals surface area contributed by atoms with E-state index in [1.807, 2.05) is 36.7 Å². The van der Waals surface area contributed by atoms with Gasteiger partial charge in [0.05, 0.1) is 0 Å². The fourth-order valence-corrected chi connectivity index (χ4v) is 4.15. The van der Waals surface area contributed by atoms with Crippen LogP contribution in [-0.4, -0.2) is 23.7 Å². The summed E-state index contributed by atoms with van der Waals surface area (Å²) in [7, 11) is 0. The molecule has 0 aromatic carbocycles. The summed E-state index contributed by atoms with van der Waals surface area (Å²) >= 11 is 0. The van der Waals surface area contributed by atoms with Gasteiger partial charge in [0, 0.05) is 52.7 Å². The minimum Gasteiger partial charge on any atom is -0.388 e. The molecule has 1 radical (unpaired) electrons. The molecule has 2 saturated carbocycles. The summed E-state index contributed by atoms with van der Waals surface area (Å²) in [5.41, 5.74) is 1.53. The summed E-state index contributed by atoms with van der Waals surface area (Å²) in [6, 6.07) is 1.14. The van der Waals surface area contributed by atoms with Crippen LogP contribution in [0.2, 0.25) is 0 Å². The second-order valence-electron chi connectivity index (χ2n) is 8.37. The quantitative estimate of drug-likeness (QED) is 0.450. The Morgan fingerprint density at radius 2 is 0.935 bits per heavy atom. The Balaban J connectivity index is 0.000000213. The van der Waals surface area contributed by atoms with Crippen LogP contribution in [-0.2, 0) is 26.7 Å². The van der Waals surface area contributed by atoms with Crippen molar-refractivity contribution >= 4 is 11.6 Å². The van der Waals surface area contributed by atoms with Gasteiger partial charge in [-0.3, -0.25) is 9.59 Å². The van der Waals surface area contributed by atoms with Crippen LogP contribution in [0.15, 0.2) is 72.2 Å². The van der Waals surface area contributed by atoms with E-state index in [9.17, 15) is 9.59 Å². The molecule has 0 heterocycles. The number of hydrogen-bond donors (Lipinski definition) is 2. The van der Waals surface area contributed by atoms with Gasteiger partial charge in [0.2, 0.25) is 0 Å². The van der Waals surface area contributed by atoms with E-state index in [2.05, 4.69) is 10.6 Å². The van der Waals surface area contributed by atoms with Gasteiger partial charge in [0.1, 0.15) is 0 Å². The van der Waals surface area contributed by atoms with E-state index in [-0.39, 0.29) is 28.6 Å². The Morgan fingerprint density at radius 1 is 0.581 bits per heavy atom. The summed E-state index contributed by atoms with van der Waals surface area (Å²) in [6.07, 6.45) is 30.9. The first-order valence-corrected chi connectivity index (χ1v) is 11.4. The van der Waals surface area contributed by atoms with Crippen LogP contribution in [0.5, 0.6) is 0 Å². The number of rotatable bonds is 4. The van der Waals surface area contributed by atoms with E-state index in [4.69, 9.17) is 0 Å². The fraction of sp³-hybridized carbons (Fsp3) is 0.462. The standard InChI is InChI=1S/2C13H17NO.Cu/c2*15-13-9-5-4-6-11(13)10-14-12-7-2-1-3-8-12;/h2*4-6,9-10,12,14H,1-3,7-8H2;. The summed E-state index contributed by atoms with van der Waals surface area (Å²) < 4.78 is 0. The zero-order valence-corrected chi connectivity index (χ0v) is 19.1. The van der Waals surface area contributed by atoms with E-state index in [1.54, 1.807) is 24.3 Å². The van der Waals surface area contributed by atoms with E-state index in [1.165, 1.54) is 64.2 Å². The van der Waals surface area contributed by atoms with Crippen molar-refractivity contribution in [3.8, 4) is 0 Å². The second kappa shape index (κ2) is 14.1. The molecule has 4 aliphatic carbocycles. The third-order valence-electron chi connectivity index (χ3n) is 6.00. The van der Waals surface area contributed by atoms with Gasteiger partial charge in [-0.1, -0.05) is 62.8 Å². The SMILES string of the molecule is O=C1C=CC=CC1=CNC1CCCCC1.O=C1C=CC=CC1=CNC1CCCCC1.[Cu]. The van der Waals surface area contributed by atoms with E-state index in [0.29, 0.717) is 12.1 Å². The number of allylic oxidation sites excluding steroid dienone is 10. The minimum atomic E-state index is 0. The molecule has 0 amide bonds. The Morgan fingerprint density at radius 3 is 1.29 bits per heavy atom. The first kappa shape index (κ1) is 25.2. The molecule has 31 heavy (non-hydrogen) atoms. The van der Waals surface area contributed by atoms with Gasteiger partial charge in [0.15, 0.2) is 11.6 Å². The van der Waals surface area contributed by atoms with Crippen molar-refractivity contribution in [1.29, 1.82) is 0 Å². The van der Waals surface area contributed by atoms with Crippen LogP contribution in [0.25, 0.3) is 0 Å². The van der Waals surface area contributed by atoms with Crippen molar-refractivity contribution in [3.05, 3.63) is 72.2 Å². The number of nitrogens with one attached hydrogen (secondary N) is 2. The molecule has 0 spiro atoms. The second-order valence-corrected chi connectivity index (χ2v) is 8.37. The maximum atomic E-state index is 11.4. The van der Waals surface area contributed by atoms with Gasteiger partial charge in [-0.2, -0.15) is 0 Å². The van der Waals surface area contributed by atoms with Gasteiger partial charge >= 0.3 is 0 Å². The van der Waals surface area contributed by atoms with Crippen LogP contribution < -0.4 is 10.6 Å². The van der Waals surface area contributed by atoms with Crippen molar-refractivity contribution in [1.82, 2.24) is 10.6 Å². The van der Waals surface area contributed by atoms with Gasteiger partial charge in [-0.05, 0) is 50.0 Å². The van der Waals surface area contributed by atoms with Crippen molar-refractivity contribution in [3.63, 3.8) is 0 Å². The Hall–Kier alpha value is -2.10. The van der Waals surface area contributed by atoms with Crippen molar-refractivity contribution in [2.45, 2.75) is 76.3 Å². The van der Waals surface area contributed by atoms with Gasteiger partial charge in [-0.25, -0.2) is 0 Å². The predicted octanol–water partition coefficient (Wildman–Crippen LogP) is 4.97. The van der Waals surface area contributed by atoms with Gasteiger partial charge in [-0.15, -0.1) is 0 Å². The number of carbonyl (C=O) groups excluding carboxylic acids is 2. The first-order valence-electron chi connectivity index (χ1n) is 11.4. The summed E-state index contributed by atoms with van der Waals surface area (Å²) in [5.74, 6) is 0.196. The average Bonchev–Trinajstić information content (AvgIpc) is 2.80. The number of hydrogen-bond acceptors (Lipinski definition) is 4. The van der Waals surface area contributed by atoms with Crippen LogP contribution >= 0.6 is 0 Å². The molecule has 0 aromatic heterocycles. The molecule has 4 aliphatic rings. The zero-order valence-electron chi connectivity index (χ0n) is 18.1. The number of carbonyl (C=O) groups is 2. The predicted molar refractivity (Wildman–Crippen MR) is 123 cm³/mol. The molecule has 0 aliphatic heterocycles. The molecule has 0 unspecified atom stereocenters. The maximum Gasteiger partial charge on any atom is 0.187 e. The van der Waals surface area contributed by atoms with Crippen LogP contribution in [0.1, 0.15) is 64.2 Å². The normalized spacial score (nSPS) is 24.0. The molecule has 0 saturated heterocycles. The van der Waals surface area contributed by atoms with Crippen molar-refractivity contribution in [2.24, 2.45) is 0 Å². The molecule has 5 heteroatoms. The van der Waals surface area contributed by atoms with E-state index in [0.717, 1.165) is 11.1 Å². The molecular weight excluding hydrogens is 436 g/mol. The fourth-order valence-electron chi connectivity index (χ4n) is 4.15. The number of ketones is 2. The first-order chi connectivity index (χ1) is 14.7. The monoisotopic (exact) mass is 469 g/mol. The van der Waals surface area contributed by atoms with E-state index >= 15 is 0 Å². The largest absolute Gasteiger partial charge is 0.388 e. The Labute approximate surface area is 197 Å². The molecule has 0 aromatic rings. The average molecular weight is 470 g/mol. The maximum absolute atomic E-state index is 11.4. The van der Waals surface area contributed by atoms with Crippen LogP contribution in [0.3, 0.4) is 0 Å². The minimum absolute atomic E-state index is 0. The molecule has 0 bridgehead atoms. The van der Waals surface area contributed by atoms with Gasteiger partial charge in [0.25, 0.3) is 0 Å². The smallest absolute Gasteiger partial charge is 0.187 e. The van der Waals surface area contributed by atoms with Crippen LogP contribution in [0.4, 0.5) is 0 Å². The third-order valence-corrected chi connectivity index (χ3v) is 6.00. The molecule has 4 rings (SSSR count). The molecule has 4 nitrogen and oxygen atoms in total. The Kier molecular flexibility index (Phi) is 11.4. The molecule has 2 N–H and O–H groups in total. The van der Waals surface area contributed by atoms with Crippen LogP contribution in [0, 0.1) is 0 Å². The Bertz CT molecular complexity index is 711. The van der Waals surface area contributed by atoms with E-state index < -0.39 is 0 Å². The molecule has 0 atom stereocenters. The molecule has 171 valence electrons. The summed E-state index contributed by atoms with van der Waals surface area (Å²) in [6.45, 7) is 0. The van der Waals surface area contributed by atoms with Crippen molar-refractivity contribution < 1.29 is 26.7 Å². The molecular formula is C26H34CuN2O2. The summed E-state index contributed by atoms with van der Waals surface area (Å²) in [5, 5.41) is 6.71. The zero-order chi connectivity index (χ0) is 21.0. The third kappa shape index (κ3) is 8.88. The molecule has 2 fully saturated rings. The summed E-state index contributed by atoms with van der Waals surface area (Å²) in [4.78, 5) is 22.8.